The van der Waals surface area contributed by atoms with Crippen LogP contribution in [0.15, 0.2) is 36.7 Å². The summed E-state index contributed by atoms with van der Waals surface area (Å²) in [7, 11) is -2.01. The zero-order valence-corrected chi connectivity index (χ0v) is 50.0. The Labute approximate surface area is 456 Å². The Morgan fingerprint density at radius 1 is 0.432 bits per heavy atom. The average molecular weight is 1050 g/mol. The van der Waals surface area contributed by atoms with E-state index >= 15 is 0 Å². The molecule has 2 atom stereocenters. The summed E-state index contributed by atoms with van der Waals surface area (Å²) in [5, 5.41) is 9.46. The van der Waals surface area contributed by atoms with Crippen LogP contribution in [0.3, 0.4) is 0 Å². The lowest BCUT2D eigenvalue weighted by molar-refractivity contribution is 0.0187. The second-order valence-corrected chi connectivity index (χ2v) is 27.4. The molecule has 1 N–H and O–H groups in total. The summed E-state index contributed by atoms with van der Waals surface area (Å²) in [6.45, 7) is 35.2. The summed E-state index contributed by atoms with van der Waals surface area (Å²) < 4.78 is 30.6. The molecule has 11 heteroatoms. The van der Waals surface area contributed by atoms with Crippen molar-refractivity contribution in [1.82, 2.24) is 9.97 Å². The summed E-state index contributed by atoms with van der Waals surface area (Å²) in [6.07, 6.45) is 46.2. The number of unbranched alkanes of at least 4 members (excludes halogenated alkanes) is 30. The van der Waals surface area contributed by atoms with Gasteiger partial charge in [0.05, 0.1) is 26.4 Å². The molecule has 0 aliphatic rings. The van der Waals surface area contributed by atoms with Gasteiger partial charge >= 0.3 is 0 Å². The molecule has 10 nitrogen and oxygen atoms in total. The summed E-state index contributed by atoms with van der Waals surface area (Å²) in [5.74, 6) is 1.91. The molecule has 424 valence electrons. The third kappa shape index (κ3) is 35.3. The maximum absolute atomic E-state index is 9.46. The van der Waals surface area contributed by atoms with Gasteiger partial charge in [0.25, 0.3) is 11.6 Å². The van der Waals surface area contributed by atoms with Crippen LogP contribution in [0.5, 0.6) is 11.5 Å². The van der Waals surface area contributed by atoms with E-state index in [0.717, 1.165) is 19.4 Å². The van der Waals surface area contributed by atoms with Crippen LogP contribution in [0, 0.1) is 13.1 Å². The molecule has 0 spiro atoms. The number of pyridine rings is 2. The summed E-state index contributed by atoms with van der Waals surface area (Å²) in [6, 6.07) is 6.82. The first-order valence-electron chi connectivity index (χ1n) is 30.5. The maximum Gasteiger partial charge on any atom is 0.269 e. The Kier molecular flexibility index (Phi) is 45.0. The van der Waals surface area contributed by atoms with Crippen LogP contribution in [0.2, 0.25) is 16.6 Å². The van der Waals surface area contributed by atoms with Crippen molar-refractivity contribution in [2.24, 2.45) is 0 Å². The zero-order valence-electron chi connectivity index (χ0n) is 49.0. The minimum atomic E-state index is -2.01. The van der Waals surface area contributed by atoms with E-state index in [9.17, 15) is 5.11 Å². The average Bonchev–Trinajstić information content (AvgIpc) is 3.40. The maximum atomic E-state index is 9.46. The lowest BCUT2D eigenvalue weighted by atomic mass is 10.0. The molecule has 0 saturated heterocycles. The van der Waals surface area contributed by atoms with Crippen LogP contribution in [0.25, 0.3) is 9.69 Å². The number of aliphatic hydroxyl groups excluding tert-OH is 1. The highest BCUT2D eigenvalue weighted by Gasteiger charge is 2.45. The van der Waals surface area contributed by atoms with E-state index in [1.807, 2.05) is 6.07 Å². The Balaban J connectivity index is 0.000000768. The van der Waals surface area contributed by atoms with E-state index in [-0.39, 0.29) is 12.7 Å². The van der Waals surface area contributed by atoms with Crippen molar-refractivity contribution in [1.29, 1.82) is 0 Å². The Hall–Kier alpha value is -3.06. The fourth-order valence-electron chi connectivity index (χ4n) is 10.3. The highest BCUT2D eigenvalue weighted by molar-refractivity contribution is 6.77. The van der Waals surface area contributed by atoms with Gasteiger partial charge in [0, 0.05) is 13.2 Å². The van der Waals surface area contributed by atoms with Gasteiger partial charge in [0.15, 0.2) is 23.9 Å². The fraction of sp³-hybridized carbons (Fsp3) is 0.810. The highest BCUT2D eigenvalue weighted by Crippen LogP contribution is 2.42. The highest BCUT2D eigenvalue weighted by atomic mass is 28.4. The molecule has 74 heavy (non-hydrogen) atoms. The molecule has 2 rings (SSSR count). The lowest BCUT2D eigenvalue weighted by Crippen LogP contribution is -2.50. The van der Waals surface area contributed by atoms with Crippen LogP contribution < -0.4 is 9.47 Å². The van der Waals surface area contributed by atoms with Gasteiger partial charge in [-0.25, -0.2) is 0 Å². The number of rotatable bonds is 49. The minimum absolute atomic E-state index is 0.108. The van der Waals surface area contributed by atoms with E-state index in [4.69, 9.17) is 36.5 Å². The first kappa shape index (κ1) is 69.0. The van der Waals surface area contributed by atoms with Crippen molar-refractivity contribution in [3.05, 3.63) is 59.5 Å². The number of ether oxygens (including phenoxy) is 4. The molecule has 0 aromatic carbocycles. The van der Waals surface area contributed by atoms with Gasteiger partial charge in [-0.05, 0) is 53.7 Å². The Bertz CT molecular complexity index is 1590. The van der Waals surface area contributed by atoms with Crippen molar-refractivity contribution in [3.63, 3.8) is 0 Å². The molecule has 2 aromatic heterocycles. The number of aromatic nitrogens is 2. The van der Waals surface area contributed by atoms with Crippen molar-refractivity contribution in [2.75, 3.05) is 39.6 Å². The third-order valence-electron chi connectivity index (χ3n) is 14.6. The normalized spacial score (nSPS) is 12.4. The zero-order chi connectivity index (χ0) is 54.2. The van der Waals surface area contributed by atoms with Crippen LogP contribution in [0.1, 0.15) is 261 Å². The lowest BCUT2D eigenvalue weighted by Gasteiger charge is -2.42. The van der Waals surface area contributed by atoms with Crippen LogP contribution in [-0.2, 0) is 13.9 Å². The van der Waals surface area contributed by atoms with Crippen molar-refractivity contribution < 1.29 is 28.5 Å². The molecule has 0 fully saturated rings. The summed E-state index contributed by atoms with van der Waals surface area (Å²) in [4.78, 5) is 14.8. The van der Waals surface area contributed by atoms with Crippen molar-refractivity contribution in [2.45, 2.75) is 290 Å². The molecule has 0 aliphatic heterocycles. The molecule has 0 saturated carbocycles. The van der Waals surface area contributed by atoms with E-state index < -0.39 is 14.4 Å². The molecule has 2 heterocycles. The van der Waals surface area contributed by atoms with Gasteiger partial charge in [-0.1, -0.05) is 261 Å². The number of aliphatic hydroxyl groups is 1. The summed E-state index contributed by atoms with van der Waals surface area (Å²) >= 11 is 0. The van der Waals surface area contributed by atoms with E-state index in [1.54, 1.807) is 24.4 Å². The minimum Gasteiger partial charge on any atom is -0.482 e. The van der Waals surface area contributed by atoms with Crippen molar-refractivity contribution >= 4 is 20.0 Å². The summed E-state index contributed by atoms with van der Waals surface area (Å²) in [5.41, 5.74) is 1.55. The monoisotopic (exact) mass is 1050 g/mol. The molecular weight excluding hydrogens is 937 g/mol. The molecule has 2 aromatic rings. The Morgan fingerprint density at radius 2 is 0.730 bits per heavy atom. The quantitative estimate of drug-likeness (QED) is 0.0397. The van der Waals surface area contributed by atoms with Crippen LogP contribution in [-0.4, -0.2) is 75.2 Å². The number of nitrogens with zero attached hydrogens (tertiary/aromatic N) is 4. The first-order chi connectivity index (χ1) is 36.1. The predicted molar refractivity (Wildman–Crippen MR) is 315 cm³/mol. The number of hydrogen-bond donors (Lipinski definition) is 1. The van der Waals surface area contributed by atoms with Crippen molar-refractivity contribution in [3.8, 4) is 11.5 Å². The van der Waals surface area contributed by atoms with Gasteiger partial charge in [-0.15, -0.1) is 9.97 Å². The van der Waals surface area contributed by atoms with E-state index in [1.165, 1.54) is 199 Å². The van der Waals surface area contributed by atoms with Gasteiger partial charge in [-0.3, -0.25) is 0 Å². The molecule has 0 amide bonds. The third-order valence-corrected chi connectivity index (χ3v) is 20.7. The van der Waals surface area contributed by atoms with Gasteiger partial charge in [-0.2, -0.15) is 0 Å². The first-order valence-corrected chi connectivity index (χ1v) is 32.6. The van der Waals surface area contributed by atoms with Crippen LogP contribution >= 0.6 is 0 Å². The SMILES string of the molecule is [C-]#[N+]c1ccc(O[C@@H](CO)COCCCCCCCCCCCCCCCCCC)cn1.[C-]#[N+]c1ccc(O[C@H](COCCCCCCCCCCCCCCCCCC)CO[Si](C(C)C)(C(C)C)C(C)C)cn1. The largest absolute Gasteiger partial charge is 0.482 e. The van der Waals surface area contributed by atoms with Crippen LogP contribution in [0.4, 0.5) is 11.6 Å². The number of hydrogen-bond acceptors (Lipinski definition) is 8. The second-order valence-electron chi connectivity index (χ2n) is 22.0. The molecule has 0 unspecified atom stereocenters. The standard InChI is InChI=1S/C36H66N2O3Si.C27H46N2O3/c1-9-10-11-12-13-14-15-16-17-18-19-20-21-22-23-24-27-39-29-35(41-34-25-26-36(37-8)38-28-34)30-40-42(31(2)3,32(4)5)33(6)7;1-3-4-5-6-7-8-9-10-11-12-13-14-15-16-17-18-21-31-24-26(23-30)32-25-19-20-27(28-2)29-22-25/h25-26,28,31-33,35H,9-24,27,29-30H2,1-7H3;19-20,22,26,30H,3-18,21,23-24H2,1H3/t35-;26-/m10/s1. The van der Waals surface area contributed by atoms with Gasteiger partial charge in [0.2, 0.25) is 8.32 Å². The molecule has 0 aliphatic carbocycles. The van der Waals surface area contributed by atoms with Gasteiger partial charge < -0.3 is 38.2 Å². The fourth-order valence-corrected chi connectivity index (χ4v) is 15.8. The van der Waals surface area contributed by atoms with E-state index in [2.05, 4.69) is 75.0 Å². The van der Waals surface area contributed by atoms with E-state index in [0.29, 0.717) is 66.2 Å². The molecule has 0 bridgehead atoms. The smallest absolute Gasteiger partial charge is 0.269 e. The second kappa shape index (κ2) is 48.3. The Morgan fingerprint density at radius 3 is 1.00 bits per heavy atom. The predicted octanol–water partition coefficient (Wildman–Crippen LogP) is 19.5. The molecular formula is C63H112N4O6Si. The topological polar surface area (TPSA) is 101 Å². The van der Waals surface area contributed by atoms with Gasteiger partial charge in [0.1, 0.15) is 12.2 Å². The molecule has 0 radical (unpaired) electrons.